The van der Waals surface area contributed by atoms with Gasteiger partial charge in [0.1, 0.15) is 0 Å². The van der Waals surface area contributed by atoms with Crippen LogP contribution in [0, 0.1) is 0 Å². The van der Waals surface area contributed by atoms with Crippen LogP contribution in [0.4, 0.5) is 0 Å². The van der Waals surface area contributed by atoms with Crippen LogP contribution in [0.3, 0.4) is 0 Å². The molecule has 2 aromatic carbocycles. The fourth-order valence-corrected chi connectivity index (χ4v) is 5.53. The van der Waals surface area contributed by atoms with Gasteiger partial charge < -0.3 is 21.0 Å². The van der Waals surface area contributed by atoms with Gasteiger partial charge in [0.05, 0.1) is 23.0 Å². The van der Waals surface area contributed by atoms with Crippen molar-refractivity contribution in [2.75, 3.05) is 19.6 Å². The molecule has 2 aromatic heterocycles. The molecule has 0 saturated carbocycles. The van der Waals surface area contributed by atoms with Crippen LogP contribution in [0.1, 0.15) is 36.0 Å². The minimum absolute atomic E-state index is 0.124. The summed E-state index contributed by atoms with van der Waals surface area (Å²) in [4.78, 5) is 33.9. The van der Waals surface area contributed by atoms with E-state index in [1.807, 2.05) is 42.5 Å². The highest BCUT2D eigenvalue weighted by Gasteiger charge is 2.28. The third kappa shape index (κ3) is 4.96. The molecule has 3 heterocycles. The summed E-state index contributed by atoms with van der Waals surface area (Å²) in [5, 5.41) is 5.59. The van der Waals surface area contributed by atoms with Gasteiger partial charge in [-0.15, -0.1) is 0 Å². The zero-order valence-electron chi connectivity index (χ0n) is 19.2. The van der Waals surface area contributed by atoms with Crippen molar-refractivity contribution in [3.63, 3.8) is 0 Å². The van der Waals surface area contributed by atoms with Gasteiger partial charge in [-0.1, -0.05) is 33.6 Å². The number of nitrogens with two attached hydrogens (primary N) is 1. The third-order valence-corrected chi connectivity index (χ3v) is 7.42. The predicted octanol–water partition coefficient (Wildman–Crippen LogP) is 5.19. The number of aromatic nitrogens is 2. The van der Waals surface area contributed by atoms with E-state index in [9.17, 15) is 9.59 Å². The zero-order chi connectivity index (χ0) is 24.5. The van der Waals surface area contributed by atoms with Crippen LogP contribution in [-0.4, -0.2) is 52.4 Å². The summed E-state index contributed by atoms with van der Waals surface area (Å²) >= 11 is 9.69. The molecule has 35 heavy (non-hydrogen) atoms. The molecule has 0 bridgehead atoms. The minimum atomic E-state index is -0.242. The van der Waals surface area contributed by atoms with Crippen LogP contribution in [0.5, 0.6) is 0 Å². The number of rotatable bonds is 8. The average molecular weight is 557 g/mol. The van der Waals surface area contributed by atoms with Crippen molar-refractivity contribution in [2.24, 2.45) is 5.73 Å². The monoisotopic (exact) mass is 555 g/mol. The molecule has 1 saturated heterocycles. The number of primary amides is 1. The van der Waals surface area contributed by atoms with E-state index in [1.165, 1.54) is 0 Å². The highest BCUT2D eigenvalue weighted by atomic mass is 79.9. The first-order chi connectivity index (χ1) is 16.9. The molecule has 0 radical (unpaired) electrons. The fourth-order valence-electron chi connectivity index (χ4n) is 4.99. The van der Waals surface area contributed by atoms with Crippen molar-refractivity contribution < 1.29 is 9.59 Å². The topological polar surface area (TPSA) is 107 Å². The van der Waals surface area contributed by atoms with E-state index in [4.69, 9.17) is 17.3 Å². The van der Waals surface area contributed by atoms with E-state index >= 15 is 0 Å². The molecule has 2 amide bonds. The molecule has 1 unspecified atom stereocenters. The number of likely N-dealkylation sites (tertiary alicyclic amines) is 1. The van der Waals surface area contributed by atoms with Gasteiger partial charge in [0.25, 0.3) is 5.91 Å². The molecule has 1 fully saturated rings. The zero-order valence-corrected chi connectivity index (χ0v) is 21.5. The lowest BCUT2D eigenvalue weighted by Crippen LogP contribution is -2.40. The maximum Gasteiger partial charge on any atom is 0.254 e. The molecule has 1 aliphatic heterocycles. The number of unbranched alkanes of at least 4 members (excludes halogenated alkanes) is 1. The fraction of sp³-hybridized carbons (Fsp3) is 0.308. The average Bonchev–Trinajstić information content (AvgIpc) is 3.54. The van der Waals surface area contributed by atoms with Crippen LogP contribution >= 0.6 is 27.5 Å². The lowest BCUT2D eigenvalue weighted by Gasteiger charge is -2.21. The number of carbonyl (C=O) groups is 2. The number of hydrogen-bond donors (Lipinski definition) is 4. The second kappa shape index (κ2) is 10.0. The summed E-state index contributed by atoms with van der Waals surface area (Å²) in [6, 6.07) is 13.4. The van der Waals surface area contributed by atoms with Crippen LogP contribution < -0.4 is 11.1 Å². The number of nitrogens with zero attached hydrogens (tertiary/aromatic N) is 1. The normalized spacial score (nSPS) is 16.3. The molecule has 4 aromatic rings. The molecule has 182 valence electrons. The Morgan fingerprint density at radius 1 is 1.11 bits per heavy atom. The lowest BCUT2D eigenvalue weighted by atomic mass is 10.1. The van der Waals surface area contributed by atoms with Crippen molar-refractivity contribution in [1.82, 2.24) is 20.2 Å². The van der Waals surface area contributed by atoms with E-state index in [0.717, 1.165) is 76.4 Å². The Balaban J connectivity index is 1.33. The first kappa shape index (κ1) is 23.9. The van der Waals surface area contributed by atoms with Crippen LogP contribution in [0.25, 0.3) is 33.2 Å². The molecule has 1 atom stereocenters. The number of hydrogen-bond acceptors (Lipinski definition) is 3. The maximum absolute atomic E-state index is 13.4. The summed E-state index contributed by atoms with van der Waals surface area (Å²) in [5.74, 6) is -0.366. The highest BCUT2D eigenvalue weighted by Crippen LogP contribution is 2.33. The standard InChI is InChI=1S/C26H27BrClN5O2/c27-16-5-7-18-20(14-16)32-24(21-13-15-12-17(28)6-8-19(15)31-21)23(18)26(35)30-9-1-2-10-33-11-3-4-22(33)25(29)34/h5-8,12-14,22,31-32H,1-4,9-11H2,(H2,29,34)(H,30,35). The molecule has 0 aliphatic carbocycles. The smallest absolute Gasteiger partial charge is 0.254 e. The lowest BCUT2D eigenvalue weighted by molar-refractivity contribution is -0.122. The summed E-state index contributed by atoms with van der Waals surface area (Å²) < 4.78 is 0.935. The number of carbonyl (C=O) groups excluding carboxylic acids is 2. The molecular formula is C26H27BrClN5O2. The second-order valence-electron chi connectivity index (χ2n) is 9.04. The van der Waals surface area contributed by atoms with Crippen LogP contribution in [-0.2, 0) is 4.79 Å². The molecule has 1 aliphatic rings. The van der Waals surface area contributed by atoms with Gasteiger partial charge in [-0.05, 0) is 75.2 Å². The Labute approximate surface area is 216 Å². The summed E-state index contributed by atoms with van der Waals surface area (Å²) in [5.41, 5.74) is 9.51. The molecule has 9 heteroatoms. The van der Waals surface area contributed by atoms with Crippen molar-refractivity contribution in [3.8, 4) is 11.4 Å². The highest BCUT2D eigenvalue weighted by molar-refractivity contribution is 9.10. The Morgan fingerprint density at radius 2 is 1.97 bits per heavy atom. The Hall–Kier alpha value is -2.81. The SMILES string of the molecule is NC(=O)C1CCCN1CCCCNC(=O)c1c(-c2cc3cc(Cl)ccc3[nH]2)[nH]c2cc(Br)ccc12. The number of nitrogens with one attached hydrogen (secondary N) is 3. The first-order valence-electron chi connectivity index (χ1n) is 11.8. The van der Waals surface area contributed by atoms with E-state index in [2.05, 4.69) is 36.1 Å². The number of H-pyrrole nitrogens is 2. The molecule has 7 nitrogen and oxygen atoms in total. The van der Waals surface area contributed by atoms with E-state index in [1.54, 1.807) is 0 Å². The van der Waals surface area contributed by atoms with Gasteiger partial charge in [0.15, 0.2) is 0 Å². The number of fused-ring (bicyclic) bond motifs is 2. The van der Waals surface area contributed by atoms with Crippen molar-refractivity contribution in [2.45, 2.75) is 31.7 Å². The summed E-state index contributed by atoms with van der Waals surface area (Å²) in [7, 11) is 0. The van der Waals surface area contributed by atoms with Crippen molar-refractivity contribution >= 4 is 61.2 Å². The first-order valence-corrected chi connectivity index (χ1v) is 13.0. The number of halogens is 2. The van der Waals surface area contributed by atoms with Crippen LogP contribution in [0.15, 0.2) is 46.9 Å². The quantitative estimate of drug-likeness (QED) is 0.224. The van der Waals surface area contributed by atoms with Gasteiger partial charge in [0, 0.05) is 37.8 Å². The van der Waals surface area contributed by atoms with Gasteiger partial charge in [-0.25, -0.2) is 0 Å². The van der Waals surface area contributed by atoms with Gasteiger partial charge in [-0.2, -0.15) is 0 Å². The third-order valence-electron chi connectivity index (χ3n) is 6.69. The van der Waals surface area contributed by atoms with Gasteiger partial charge in [-0.3, -0.25) is 14.5 Å². The maximum atomic E-state index is 13.4. The summed E-state index contributed by atoms with van der Waals surface area (Å²) in [6.07, 6.45) is 3.55. The van der Waals surface area contributed by atoms with Crippen molar-refractivity contribution in [1.29, 1.82) is 0 Å². The Bertz CT molecular complexity index is 1410. The van der Waals surface area contributed by atoms with Crippen LogP contribution in [0.2, 0.25) is 5.02 Å². The van der Waals surface area contributed by atoms with Crippen molar-refractivity contribution in [3.05, 3.63) is 57.5 Å². The molecule has 5 N–H and O–H groups in total. The van der Waals surface area contributed by atoms with Gasteiger partial charge >= 0.3 is 0 Å². The second-order valence-corrected chi connectivity index (χ2v) is 10.4. The largest absolute Gasteiger partial charge is 0.368 e. The van der Waals surface area contributed by atoms with E-state index in [-0.39, 0.29) is 17.9 Å². The summed E-state index contributed by atoms with van der Waals surface area (Å²) in [6.45, 7) is 2.27. The Kier molecular flexibility index (Phi) is 6.86. The van der Waals surface area contributed by atoms with E-state index in [0.29, 0.717) is 17.1 Å². The predicted molar refractivity (Wildman–Crippen MR) is 144 cm³/mol. The molecular weight excluding hydrogens is 530 g/mol. The minimum Gasteiger partial charge on any atom is -0.368 e. The number of benzene rings is 2. The Morgan fingerprint density at radius 3 is 2.80 bits per heavy atom. The van der Waals surface area contributed by atoms with Gasteiger partial charge in [0.2, 0.25) is 5.91 Å². The molecule has 0 spiro atoms. The van der Waals surface area contributed by atoms with E-state index < -0.39 is 0 Å². The number of amides is 2. The number of aromatic amines is 2. The molecule has 5 rings (SSSR count).